The molecule has 0 amide bonds. The summed E-state index contributed by atoms with van der Waals surface area (Å²) in [5.74, 6) is -0.410. The van der Waals surface area contributed by atoms with E-state index in [1.54, 1.807) is 19.9 Å². The Kier molecular flexibility index (Phi) is 4.04. The molecule has 0 aromatic heterocycles. The smallest absolute Gasteiger partial charge is 0.129 e. The van der Waals surface area contributed by atoms with Crippen LogP contribution in [0.1, 0.15) is 32.6 Å². The van der Waals surface area contributed by atoms with Gasteiger partial charge in [-0.2, -0.15) is 0 Å². The van der Waals surface area contributed by atoms with Crippen LogP contribution in [0.25, 0.3) is 0 Å². The van der Waals surface area contributed by atoms with Crippen molar-refractivity contribution >= 4 is 15.9 Å². The maximum atomic E-state index is 13.6. The van der Waals surface area contributed by atoms with E-state index in [0.29, 0.717) is 11.1 Å². The van der Waals surface area contributed by atoms with Crippen molar-refractivity contribution < 1.29 is 8.78 Å². The molecule has 0 radical (unpaired) electrons. The summed E-state index contributed by atoms with van der Waals surface area (Å²) in [6, 6.07) is 8.36. The minimum atomic E-state index is -0.243. The van der Waals surface area contributed by atoms with E-state index in [1.165, 1.54) is 12.1 Å². The first-order valence-electron chi connectivity index (χ1n) is 6.07. The van der Waals surface area contributed by atoms with Crippen LogP contribution in [0.2, 0.25) is 0 Å². The van der Waals surface area contributed by atoms with E-state index in [9.17, 15) is 8.78 Å². The van der Waals surface area contributed by atoms with Gasteiger partial charge in [-0.15, -0.1) is 0 Å². The van der Waals surface area contributed by atoms with Gasteiger partial charge in [0.2, 0.25) is 0 Å². The molecule has 100 valence electrons. The number of halogens is 3. The number of aryl methyl sites for hydroxylation is 3. The molecule has 0 bridgehead atoms. The van der Waals surface area contributed by atoms with E-state index in [-0.39, 0.29) is 16.5 Å². The van der Waals surface area contributed by atoms with Crippen molar-refractivity contribution in [1.29, 1.82) is 0 Å². The van der Waals surface area contributed by atoms with Gasteiger partial charge in [0.15, 0.2) is 0 Å². The number of alkyl halides is 1. The van der Waals surface area contributed by atoms with Gasteiger partial charge in [-0.25, -0.2) is 8.78 Å². The van der Waals surface area contributed by atoms with Crippen LogP contribution in [-0.2, 0) is 0 Å². The van der Waals surface area contributed by atoms with Gasteiger partial charge in [0, 0.05) is 0 Å². The predicted octanol–water partition coefficient (Wildman–Crippen LogP) is 5.37. The van der Waals surface area contributed by atoms with Crippen molar-refractivity contribution in [2.45, 2.75) is 25.6 Å². The molecule has 2 aromatic rings. The molecule has 0 aliphatic carbocycles. The van der Waals surface area contributed by atoms with Gasteiger partial charge in [-0.1, -0.05) is 34.1 Å². The lowest BCUT2D eigenvalue weighted by atomic mass is 9.97. The van der Waals surface area contributed by atoms with Crippen LogP contribution in [0, 0.1) is 32.4 Å². The monoisotopic (exact) mass is 324 g/mol. The third-order valence-electron chi connectivity index (χ3n) is 3.26. The van der Waals surface area contributed by atoms with Gasteiger partial charge in [-0.3, -0.25) is 0 Å². The van der Waals surface area contributed by atoms with Gasteiger partial charge < -0.3 is 0 Å². The third kappa shape index (κ3) is 2.86. The highest BCUT2D eigenvalue weighted by Crippen LogP contribution is 2.34. The zero-order valence-electron chi connectivity index (χ0n) is 11.1. The average molecular weight is 325 g/mol. The quantitative estimate of drug-likeness (QED) is 0.651. The summed E-state index contributed by atoms with van der Waals surface area (Å²) in [5, 5.41) is 0. The number of hydrogen-bond acceptors (Lipinski definition) is 0. The fourth-order valence-electron chi connectivity index (χ4n) is 2.23. The molecular weight excluding hydrogens is 310 g/mol. The molecule has 0 saturated carbocycles. The molecule has 0 fully saturated rings. The van der Waals surface area contributed by atoms with E-state index in [2.05, 4.69) is 15.9 Å². The molecular formula is C16H15BrF2. The second-order valence-electron chi connectivity index (χ2n) is 4.83. The summed E-state index contributed by atoms with van der Waals surface area (Å²) in [6.07, 6.45) is 0. The van der Waals surface area contributed by atoms with Crippen molar-refractivity contribution in [3.8, 4) is 0 Å². The number of benzene rings is 2. The Morgan fingerprint density at radius 2 is 1.47 bits per heavy atom. The SMILES string of the molecule is Cc1cc(F)ccc1C(Br)c1cc(C)c(F)c(C)c1. The maximum Gasteiger partial charge on any atom is 0.129 e. The Morgan fingerprint density at radius 1 is 0.895 bits per heavy atom. The standard InChI is InChI=1S/C16H15BrF2/c1-9-8-13(18)4-5-14(9)15(17)12-6-10(2)16(19)11(3)7-12/h4-8,15H,1-3H3. The van der Waals surface area contributed by atoms with Crippen molar-refractivity contribution in [1.82, 2.24) is 0 Å². The molecule has 0 saturated heterocycles. The lowest BCUT2D eigenvalue weighted by Gasteiger charge is -2.15. The minimum absolute atomic E-state index is 0.0638. The number of rotatable bonds is 2. The third-order valence-corrected chi connectivity index (χ3v) is 4.28. The van der Waals surface area contributed by atoms with E-state index in [4.69, 9.17) is 0 Å². The predicted molar refractivity (Wildman–Crippen MR) is 77.8 cm³/mol. The molecule has 2 rings (SSSR count). The molecule has 0 aliphatic rings. The molecule has 1 atom stereocenters. The topological polar surface area (TPSA) is 0 Å². The number of hydrogen-bond donors (Lipinski definition) is 0. The zero-order chi connectivity index (χ0) is 14.2. The molecule has 0 aliphatic heterocycles. The minimum Gasteiger partial charge on any atom is -0.207 e. The second kappa shape index (κ2) is 5.41. The fourth-order valence-corrected chi connectivity index (χ4v) is 3.01. The maximum absolute atomic E-state index is 13.6. The highest BCUT2D eigenvalue weighted by atomic mass is 79.9. The van der Waals surface area contributed by atoms with Gasteiger partial charge in [0.25, 0.3) is 0 Å². The summed E-state index contributed by atoms with van der Waals surface area (Å²) >= 11 is 3.62. The largest absolute Gasteiger partial charge is 0.207 e. The highest BCUT2D eigenvalue weighted by Gasteiger charge is 2.15. The first kappa shape index (κ1) is 14.2. The Bertz CT molecular complexity index is 597. The summed E-state index contributed by atoms with van der Waals surface area (Å²) in [6.45, 7) is 5.38. The Hall–Kier alpha value is -1.22. The first-order chi connectivity index (χ1) is 8.90. The zero-order valence-corrected chi connectivity index (χ0v) is 12.7. The molecule has 0 nitrogen and oxygen atoms in total. The Labute approximate surface area is 120 Å². The van der Waals surface area contributed by atoms with Gasteiger partial charge in [-0.05, 0) is 60.7 Å². The molecule has 1 unspecified atom stereocenters. The highest BCUT2D eigenvalue weighted by molar-refractivity contribution is 9.09. The van der Waals surface area contributed by atoms with Crippen LogP contribution in [0.3, 0.4) is 0 Å². The van der Waals surface area contributed by atoms with Gasteiger partial charge >= 0.3 is 0 Å². The van der Waals surface area contributed by atoms with E-state index in [0.717, 1.165) is 16.7 Å². The second-order valence-corrected chi connectivity index (χ2v) is 5.75. The molecule has 3 heteroatoms. The van der Waals surface area contributed by atoms with Crippen LogP contribution >= 0.6 is 15.9 Å². The van der Waals surface area contributed by atoms with E-state index in [1.807, 2.05) is 19.1 Å². The van der Waals surface area contributed by atoms with Crippen LogP contribution in [0.15, 0.2) is 30.3 Å². The molecule has 19 heavy (non-hydrogen) atoms. The van der Waals surface area contributed by atoms with E-state index >= 15 is 0 Å². The lowest BCUT2D eigenvalue weighted by molar-refractivity contribution is 0.608. The normalized spacial score (nSPS) is 12.5. The van der Waals surface area contributed by atoms with Crippen LogP contribution in [0.4, 0.5) is 8.78 Å². The van der Waals surface area contributed by atoms with Crippen molar-refractivity contribution in [3.05, 3.63) is 69.8 Å². The summed E-state index contributed by atoms with van der Waals surface area (Å²) < 4.78 is 26.8. The molecule has 0 heterocycles. The summed E-state index contributed by atoms with van der Waals surface area (Å²) in [5.41, 5.74) is 4.10. The average Bonchev–Trinajstić information content (AvgIpc) is 2.34. The van der Waals surface area contributed by atoms with Crippen LogP contribution < -0.4 is 0 Å². The fraction of sp³-hybridized carbons (Fsp3) is 0.250. The lowest BCUT2D eigenvalue weighted by Crippen LogP contribution is -1.99. The van der Waals surface area contributed by atoms with Crippen molar-refractivity contribution in [2.24, 2.45) is 0 Å². The van der Waals surface area contributed by atoms with Gasteiger partial charge in [0.1, 0.15) is 11.6 Å². The van der Waals surface area contributed by atoms with Crippen LogP contribution in [-0.4, -0.2) is 0 Å². The summed E-state index contributed by atoms with van der Waals surface area (Å²) in [4.78, 5) is -0.0638. The van der Waals surface area contributed by atoms with Crippen LogP contribution in [0.5, 0.6) is 0 Å². The van der Waals surface area contributed by atoms with Crippen molar-refractivity contribution in [3.63, 3.8) is 0 Å². The van der Waals surface area contributed by atoms with Crippen molar-refractivity contribution in [2.75, 3.05) is 0 Å². The molecule has 0 spiro atoms. The van der Waals surface area contributed by atoms with E-state index < -0.39 is 0 Å². The molecule has 0 N–H and O–H groups in total. The Morgan fingerprint density at radius 3 is 2.00 bits per heavy atom. The molecule has 2 aromatic carbocycles. The van der Waals surface area contributed by atoms with Gasteiger partial charge in [0.05, 0.1) is 4.83 Å². The summed E-state index contributed by atoms with van der Waals surface area (Å²) in [7, 11) is 0. The Balaban J connectivity index is 2.47. The first-order valence-corrected chi connectivity index (χ1v) is 6.98.